The van der Waals surface area contributed by atoms with Crippen LogP contribution in [0.25, 0.3) is 0 Å². The van der Waals surface area contributed by atoms with Gasteiger partial charge in [-0.2, -0.15) is 13.2 Å². The zero-order valence-corrected chi connectivity index (χ0v) is 17.4. The SMILES string of the molecule is C[C@@H]1C(=O)NCCN1C(=O)N[C@@H](c1ccc(OC(F)(F)F)c(Cl)c1)C1CC(C(F)(F)F)C1. The molecule has 3 amide bonds. The van der Waals surface area contributed by atoms with Gasteiger partial charge < -0.3 is 20.3 Å². The van der Waals surface area contributed by atoms with E-state index in [2.05, 4.69) is 15.4 Å². The number of urea groups is 1. The smallest absolute Gasteiger partial charge is 0.404 e. The molecule has 2 fully saturated rings. The highest BCUT2D eigenvalue weighted by atomic mass is 35.5. The summed E-state index contributed by atoms with van der Waals surface area (Å²) in [5.41, 5.74) is 0.234. The molecule has 0 spiro atoms. The number of amides is 3. The van der Waals surface area contributed by atoms with E-state index in [1.54, 1.807) is 0 Å². The lowest BCUT2D eigenvalue weighted by Crippen LogP contribution is -2.59. The van der Waals surface area contributed by atoms with Crippen LogP contribution in [0.5, 0.6) is 5.75 Å². The number of piperazine rings is 1. The van der Waals surface area contributed by atoms with E-state index in [0.717, 1.165) is 12.1 Å². The first kappa shape index (κ1) is 24.3. The van der Waals surface area contributed by atoms with Gasteiger partial charge in [0.2, 0.25) is 5.91 Å². The number of hydrogen-bond donors (Lipinski definition) is 2. The summed E-state index contributed by atoms with van der Waals surface area (Å²) >= 11 is 5.89. The molecule has 0 radical (unpaired) electrons. The van der Waals surface area contributed by atoms with Crippen molar-refractivity contribution < 1.29 is 40.7 Å². The van der Waals surface area contributed by atoms with Gasteiger partial charge in [0, 0.05) is 13.1 Å². The Morgan fingerprint density at radius 1 is 1.25 bits per heavy atom. The van der Waals surface area contributed by atoms with Gasteiger partial charge in [-0.15, -0.1) is 13.2 Å². The van der Waals surface area contributed by atoms with Crippen molar-refractivity contribution >= 4 is 23.5 Å². The Balaban J connectivity index is 1.82. The average Bonchev–Trinajstić information content (AvgIpc) is 2.61. The average molecular weight is 488 g/mol. The van der Waals surface area contributed by atoms with E-state index in [-0.39, 0.29) is 37.4 Å². The summed E-state index contributed by atoms with van der Waals surface area (Å²) in [7, 11) is 0. The zero-order chi connectivity index (χ0) is 23.8. The second kappa shape index (κ2) is 8.87. The number of nitrogens with one attached hydrogen (secondary N) is 2. The number of alkyl halides is 6. The van der Waals surface area contributed by atoms with Crippen LogP contribution in [0, 0.1) is 11.8 Å². The first-order valence-electron chi connectivity index (χ1n) is 9.73. The molecule has 1 aromatic rings. The Morgan fingerprint density at radius 3 is 2.47 bits per heavy atom. The topological polar surface area (TPSA) is 70.7 Å². The Labute approximate surface area is 184 Å². The third kappa shape index (κ3) is 5.51. The van der Waals surface area contributed by atoms with E-state index >= 15 is 0 Å². The van der Waals surface area contributed by atoms with Crippen LogP contribution in [-0.2, 0) is 4.79 Å². The molecule has 2 atom stereocenters. The molecule has 0 aromatic heterocycles. The van der Waals surface area contributed by atoms with E-state index in [1.807, 2.05) is 0 Å². The second-order valence-electron chi connectivity index (χ2n) is 7.80. The van der Waals surface area contributed by atoms with Gasteiger partial charge >= 0.3 is 18.6 Å². The molecule has 1 saturated carbocycles. The maximum atomic E-state index is 13.0. The minimum atomic E-state index is -4.97. The van der Waals surface area contributed by atoms with Gasteiger partial charge in [0.05, 0.1) is 17.0 Å². The maximum Gasteiger partial charge on any atom is 0.573 e. The molecule has 178 valence electrons. The highest BCUT2D eigenvalue weighted by Crippen LogP contribution is 2.50. The quantitative estimate of drug-likeness (QED) is 0.619. The second-order valence-corrected chi connectivity index (χ2v) is 8.20. The lowest BCUT2D eigenvalue weighted by atomic mass is 9.69. The molecule has 2 N–H and O–H groups in total. The normalized spacial score (nSPS) is 24.9. The number of nitrogens with zero attached hydrogens (tertiary/aromatic N) is 1. The summed E-state index contributed by atoms with van der Waals surface area (Å²) in [5.74, 6) is -3.20. The van der Waals surface area contributed by atoms with Crippen molar-refractivity contribution in [2.24, 2.45) is 11.8 Å². The van der Waals surface area contributed by atoms with Gasteiger partial charge in [-0.25, -0.2) is 4.79 Å². The van der Waals surface area contributed by atoms with Crippen molar-refractivity contribution in [2.45, 2.75) is 44.4 Å². The molecular formula is C19H20ClF6N3O3. The first-order chi connectivity index (χ1) is 14.8. The third-order valence-electron chi connectivity index (χ3n) is 5.69. The molecule has 1 aromatic carbocycles. The van der Waals surface area contributed by atoms with Crippen molar-refractivity contribution in [3.05, 3.63) is 28.8 Å². The highest BCUT2D eigenvalue weighted by Gasteiger charge is 2.50. The van der Waals surface area contributed by atoms with Crippen molar-refractivity contribution in [3.8, 4) is 5.75 Å². The first-order valence-corrected chi connectivity index (χ1v) is 10.1. The fraction of sp³-hybridized carbons (Fsp3) is 0.579. The predicted octanol–water partition coefficient (Wildman–Crippen LogP) is 4.40. The molecule has 1 heterocycles. The van der Waals surface area contributed by atoms with Gasteiger partial charge in [0.25, 0.3) is 0 Å². The van der Waals surface area contributed by atoms with Crippen LogP contribution in [0.15, 0.2) is 18.2 Å². The van der Waals surface area contributed by atoms with E-state index < -0.39 is 53.3 Å². The number of rotatable bonds is 4. The van der Waals surface area contributed by atoms with Gasteiger partial charge in [0.15, 0.2) is 0 Å². The van der Waals surface area contributed by atoms with Crippen molar-refractivity contribution in [1.29, 1.82) is 0 Å². The summed E-state index contributed by atoms with van der Waals surface area (Å²) in [4.78, 5) is 25.9. The highest BCUT2D eigenvalue weighted by molar-refractivity contribution is 6.32. The number of ether oxygens (including phenoxy) is 1. The summed E-state index contributed by atoms with van der Waals surface area (Å²) in [5, 5.41) is 4.83. The van der Waals surface area contributed by atoms with Crippen molar-refractivity contribution in [3.63, 3.8) is 0 Å². The number of carbonyl (C=O) groups excluding carboxylic acids is 2. The monoisotopic (exact) mass is 487 g/mol. The number of carbonyl (C=O) groups is 2. The Hall–Kier alpha value is -2.37. The van der Waals surface area contributed by atoms with Crippen LogP contribution >= 0.6 is 11.6 Å². The van der Waals surface area contributed by atoms with Crippen LogP contribution in [0.1, 0.15) is 31.4 Å². The molecule has 13 heteroatoms. The zero-order valence-electron chi connectivity index (χ0n) is 16.7. The summed E-state index contributed by atoms with van der Waals surface area (Å²) in [6.45, 7) is 1.92. The number of benzene rings is 1. The number of hydrogen-bond acceptors (Lipinski definition) is 3. The molecule has 6 nitrogen and oxygen atoms in total. The Kier molecular flexibility index (Phi) is 6.73. The number of halogens is 7. The third-order valence-corrected chi connectivity index (χ3v) is 5.98. The molecule has 32 heavy (non-hydrogen) atoms. The van der Waals surface area contributed by atoms with Gasteiger partial charge in [0.1, 0.15) is 11.8 Å². The lowest BCUT2D eigenvalue weighted by molar-refractivity contribution is -0.274. The van der Waals surface area contributed by atoms with Gasteiger partial charge in [-0.3, -0.25) is 4.79 Å². The maximum absolute atomic E-state index is 13.0. The predicted molar refractivity (Wildman–Crippen MR) is 101 cm³/mol. The van der Waals surface area contributed by atoms with Gasteiger partial charge in [-0.1, -0.05) is 17.7 Å². The molecular weight excluding hydrogens is 468 g/mol. The minimum absolute atomic E-state index is 0.195. The van der Waals surface area contributed by atoms with Crippen molar-refractivity contribution in [2.75, 3.05) is 13.1 Å². The van der Waals surface area contributed by atoms with Crippen molar-refractivity contribution in [1.82, 2.24) is 15.5 Å². The van der Waals surface area contributed by atoms with E-state index in [9.17, 15) is 35.9 Å². The van der Waals surface area contributed by atoms with E-state index in [0.29, 0.717) is 0 Å². The van der Waals surface area contributed by atoms with Crippen LogP contribution in [0.3, 0.4) is 0 Å². The standard InChI is InChI=1S/C19H20ClF6N3O3/c1-9-16(30)27-4-5-29(9)17(31)28-15(11-6-12(7-11)18(21,22)23)10-2-3-14(13(20)8-10)32-19(24,25)26/h2-3,8-9,11-12,15H,4-7H2,1H3,(H,27,30)(H,28,31)/t9-,11?,12?,15+/m1/s1. The van der Waals surface area contributed by atoms with Crippen LogP contribution in [0.4, 0.5) is 31.1 Å². The molecule has 1 aliphatic heterocycles. The van der Waals surface area contributed by atoms with Crippen LogP contribution < -0.4 is 15.4 Å². The summed E-state index contributed by atoms with van der Waals surface area (Å²) < 4.78 is 80.2. The minimum Gasteiger partial charge on any atom is -0.404 e. The molecule has 3 rings (SSSR count). The molecule has 0 bridgehead atoms. The molecule has 1 saturated heterocycles. The van der Waals surface area contributed by atoms with Crippen LogP contribution in [0.2, 0.25) is 5.02 Å². The molecule has 2 aliphatic rings. The fourth-order valence-electron chi connectivity index (χ4n) is 3.87. The summed E-state index contributed by atoms with van der Waals surface area (Å²) in [6.07, 6.45) is -9.88. The largest absolute Gasteiger partial charge is 0.573 e. The molecule has 0 unspecified atom stereocenters. The lowest BCUT2D eigenvalue weighted by Gasteiger charge is -2.43. The summed E-state index contributed by atoms with van der Waals surface area (Å²) in [6, 6.07) is 0.878. The van der Waals surface area contributed by atoms with E-state index in [1.165, 1.54) is 17.9 Å². The van der Waals surface area contributed by atoms with E-state index in [4.69, 9.17) is 11.6 Å². The Bertz CT molecular complexity index is 873. The fourth-order valence-corrected chi connectivity index (χ4v) is 4.10. The molecule has 1 aliphatic carbocycles. The Morgan fingerprint density at radius 2 is 1.91 bits per heavy atom. The van der Waals surface area contributed by atoms with Crippen LogP contribution in [-0.4, -0.2) is 48.5 Å². The van der Waals surface area contributed by atoms with Gasteiger partial charge in [-0.05, 0) is 43.4 Å².